The summed E-state index contributed by atoms with van der Waals surface area (Å²) < 4.78 is 5.49. The maximum absolute atomic E-state index is 14.1. The molecule has 0 heterocycles. The third kappa shape index (κ3) is 14.0. The normalized spacial score (nSPS) is 12.9. The van der Waals surface area contributed by atoms with E-state index in [9.17, 15) is 24.0 Å². The summed E-state index contributed by atoms with van der Waals surface area (Å²) in [5.41, 5.74) is 20.5. The van der Waals surface area contributed by atoms with Crippen LogP contribution in [-0.4, -0.2) is 72.8 Å². The molecule has 0 aliphatic heterocycles. The summed E-state index contributed by atoms with van der Waals surface area (Å²) in [5, 5.41) is 15.6. The highest BCUT2D eigenvalue weighted by Crippen LogP contribution is 2.36. The van der Waals surface area contributed by atoms with Gasteiger partial charge in [0.2, 0.25) is 23.6 Å². The standard InChI is InChI=1S/C49H58N8O6/c1-3-14-42(48(62)63-31-34-15-5-4-6-16-34)57-46(60)41(22-13-28-53-49(51)52)55-45(59)40(21-11-12-27-50)56-47(61)43(54-32(2)58)29-33-23-25-35(26-24-33)44-38-19-9-7-17-36(38)30-37-18-8-10-20-39(37)44/h3-10,15-20,23-26,30,40-43H,1,11-14,21-22,27-29,31,50H2,2H3,(H,54,58)(H,55,59)(H,56,61)(H,57,60)(H4,51,52,53)/t40-,41+,42-,43-/m0/s1. The summed E-state index contributed by atoms with van der Waals surface area (Å²) in [5.74, 6) is -3.10. The third-order valence-electron chi connectivity index (χ3n) is 10.5. The predicted octanol–water partition coefficient (Wildman–Crippen LogP) is 4.66. The molecular formula is C49H58N8O6. The maximum Gasteiger partial charge on any atom is 0.329 e. The second kappa shape index (κ2) is 23.8. The Bertz CT molecular complexity index is 2330. The van der Waals surface area contributed by atoms with E-state index < -0.39 is 53.8 Å². The zero-order valence-electron chi connectivity index (χ0n) is 35.7. The van der Waals surface area contributed by atoms with Gasteiger partial charge < -0.3 is 43.2 Å². The lowest BCUT2D eigenvalue weighted by molar-refractivity contribution is -0.149. The first kappa shape index (κ1) is 47.0. The van der Waals surface area contributed by atoms with Crippen molar-refractivity contribution in [3.05, 3.63) is 133 Å². The van der Waals surface area contributed by atoms with Crippen LogP contribution in [-0.2, 0) is 41.7 Å². The SMILES string of the molecule is C=CC[C@H](NC(=O)[C@@H](CCCN=C(N)N)NC(=O)[C@H](CCCCN)NC(=O)[C@H](Cc1ccc(-c2c3ccccc3cc3ccccc23)cc1)NC(C)=O)C(=O)OCc1ccccc1. The molecule has 0 bridgehead atoms. The number of nitrogens with one attached hydrogen (secondary N) is 4. The Kier molecular flexibility index (Phi) is 17.8. The Morgan fingerprint density at radius 2 is 1.22 bits per heavy atom. The van der Waals surface area contributed by atoms with Crippen molar-refractivity contribution in [2.75, 3.05) is 13.1 Å². The van der Waals surface area contributed by atoms with Crippen molar-refractivity contribution >= 4 is 57.1 Å². The summed E-state index contributed by atoms with van der Waals surface area (Å²) in [6.07, 6.45) is 3.34. The van der Waals surface area contributed by atoms with Crippen LogP contribution in [0.2, 0.25) is 0 Å². The van der Waals surface area contributed by atoms with Crippen LogP contribution in [0.3, 0.4) is 0 Å². The van der Waals surface area contributed by atoms with Gasteiger partial charge in [-0.15, -0.1) is 6.58 Å². The molecule has 0 saturated carbocycles. The summed E-state index contributed by atoms with van der Waals surface area (Å²) in [4.78, 5) is 71.6. The van der Waals surface area contributed by atoms with Crippen molar-refractivity contribution < 1.29 is 28.7 Å². The molecule has 10 N–H and O–H groups in total. The summed E-state index contributed by atoms with van der Waals surface area (Å²) in [6.45, 7) is 5.57. The fourth-order valence-corrected chi connectivity index (χ4v) is 7.38. The molecule has 63 heavy (non-hydrogen) atoms. The Labute approximate surface area is 368 Å². The lowest BCUT2D eigenvalue weighted by Gasteiger charge is -2.26. The molecule has 0 aromatic heterocycles. The molecule has 4 atom stereocenters. The Morgan fingerprint density at radius 3 is 1.79 bits per heavy atom. The number of hydrogen-bond donors (Lipinski definition) is 7. The first-order chi connectivity index (χ1) is 30.5. The Morgan fingerprint density at radius 1 is 0.667 bits per heavy atom. The predicted molar refractivity (Wildman–Crippen MR) is 248 cm³/mol. The fraction of sp³-hybridized carbons (Fsp3) is 0.306. The van der Waals surface area contributed by atoms with Gasteiger partial charge >= 0.3 is 5.97 Å². The van der Waals surface area contributed by atoms with Gasteiger partial charge in [0, 0.05) is 19.9 Å². The van der Waals surface area contributed by atoms with Gasteiger partial charge in [0.05, 0.1) is 0 Å². The lowest BCUT2D eigenvalue weighted by Crippen LogP contribution is -2.58. The number of amides is 4. The highest BCUT2D eigenvalue weighted by molar-refractivity contribution is 6.12. The first-order valence-electron chi connectivity index (χ1n) is 21.2. The highest BCUT2D eigenvalue weighted by Gasteiger charge is 2.31. The number of nitrogens with two attached hydrogens (primary N) is 3. The minimum Gasteiger partial charge on any atom is -0.459 e. The van der Waals surface area contributed by atoms with Crippen molar-refractivity contribution in [2.24, 2.45) is 22.2 Å². The van der Waals surface area contributed by atoms with Gasteiger partial charge in [-0.1, -0.05) is 109 Å². The number of hydrogen-bond acceptors (Lipinski definition) is 8. The molecule has 0 spiro atoms. The number of ether oxygens (including phenoxy) is 1. The number of esters is 1. The number of carbonyl (C=O) groups is 5. The molecule has 5 aromatic rings. The van der Waals surface area contributed by atoms with Crippen molar-refractivity contribution in [1.82, 2.24) is 21.3 Å². The number of unbranched alkanes of at least 4 members (excludes halogenated alkanes) is 1. The summed E-state index contributed by atoms with van der Waals surface area (Å²) in [7, 11) is 0. The molecule has 4 amide bonds. The van der Waals surface area contributed by atoms with E-state index in [1.54, 1.807) is 0 Å². The van der Waals surface area contributed by atoms with E-state index in [0.29, 0.717) is 25.8 Å². The van der Waals surface area contributed by atoms with Crippen LogP contribution in [0.25, 0.3) is 32.7 Å². The van der Waals surface area contributed by atoms with Gasteiger partial charge in [-0.3, -0.25) is 24.2 Å². The minimum atomic E-state index is -1.15. The third-order valence-corrected chi connectivity index (χ3v) is 10.5. The topological polar surface area (TPSA) is 233 Å². The van der Waals surface area contributed by atoms with E-state index in [-0.39, 0.29) is 44.8 Å². The van der Waals surface area contributed by atoms with Crippen LogP contribution in [0.15, 0.2) is 127 Å². The summed E-state index contributed by atoms with van der Waals surface area (Å²) in [6, 6.07) is 31.3. The van der Waals surface area contributed by atoms with Crippen molar-refractivity contribution in [3.8, 4) is 11.1 Å². The number of carbonyl (C=O) groups excluding carboxylic acids is 5. The van der Waals surface area contributed by atoms with Crippen LogP contribution in [0.4, 0.5) is 0 Å². The molecule has 0 unspecified atom stereocenters. The number of benzene rings is 5. The molecule has 0 aliphatic rings. The zero-order valence-corrected chi connectivity index (χ0v) is 35.7. The average molecular weight is 855 g/mol. The van der Waals surface area contributed by atoms with E-state index in [2.05, 4.69) is 63.2 Å². The second-order valence-electron chi connectivity index (χ2n) is 15.4. The van der Waals surface area contributed by atoms with Gasteiger partial charge in [-0.05, 0) is 94.9 Å². The minimum absolute atomic E-state index is 0.000627. The molecule has 14 heteroatoms. The molecule has 14 nitrogen and oxygen atoms in total. The quantitative estimate of drug-likeness (QED) is 0.0121. The van der Waals surface area contributed by atoms with Gasteiger partial charge in [-0.25, -0.2) is 4.79 Å². The molecular weight excluding hydrogens is 797 g/mol. The van der Waals surface area contributed by atoms with E-state index in [1.165, 1.54) is 13.0 Å². The molecule has 330 valence electrons. The van der Waals surface area contributed by atoms with Crippen LogP contribution in [0, 0.1) is 0 Å². The number of aliphatic imine (C=N–C) groups is 1. The number of nitrogens with zero attached hydrogens (tertiary/aromatic N) is 1. The van der Waals surface area contributed by atoms with Gasteiger partial charge in [0.15, 0.2) is 5.96 Å². The molecule has 5 aromatic carbocycles. The van der Waals surface area contributed by atoms with E-state index >= 15 is 0 Å². The zero-order chi connectivity index (χ0) is 45.1. The van der Waals surface area contributed by atoms with Crippen molar-refractivity contribution in [1.29, 1.82) is 0 Å². The lowest BCUT2D eigenvalue weighted by atomic mass is 9.91. The maximum atomic E-state index is 14.1. The van der Waals surface area contributed by atoms with Crippen molar-refractivity contribution in [3.63, 3.8) is 0 Å². The summed E-state index contributed by atoms with van der Waals surface area (Å²) >= 11 is 0. The number of guanidine groups is 1. The first-order valence-corrected chi connectivity index (χ1v) is 21.2. The Hall–Kier alpha value is -7.06. The molecule has 0 fully saturated rings. The van der Waals surface area contributed by atoms with Gasteiger partial charge in [0.1, 0.15) is 30.8 Å². The Balaban J connectivity index is 1.33. The average Bonchev–Trinajstić information content (AvgIpc) is 3.28. The monoisotopic (exact) mass is 854 g/mol. The molecule has 5 rings (SSSR count). The molecule has 0 saturated heterocycles. The smallest absolute Gasteiger partial charge is 0.329 e. The van der Waals surface area contributed by atoms with Gasteiger partial charge in [0.25, 0.3) is 0 Å². The second-order valence-corrected chi connectivity index (χ2v) is 15.4. The van der Waals surface area contributed by atoms with Crippen molar-refractivity contribution in [2.45, 2.75) is 82.6 Å². The number of fused-ring (bicyclic) bond motifs is 2. The number of rotatable bonds is 23. The highest BCUT2D eigenvalue weighted by atomic mass is 16.5. The van der Waals surface area contributed by atoms with Crippen LogP contribution < -0.4 is 38.5 Å². The molecule has 0 radical (unpaired) electrons. The molecule has 0 aliphatic carbocycles. The van der Waals surface area contributed by atoms with Gasteiger partial charge in [-0.2, -0.15) is 0 Å². The van der Waals surface area contributed by atoms with Crippen LogP contribution in [0.5, 0.6) is 0 Å². The van der Waals surface area contributed by atoms with Crippen LogP contribution >= 0.6 is 0 Å². The van der Waals surface area contributed by atoms with E-state index in [0.717, 1.165) is 43.8 Å². The fourth-order valence-electron chi connectivity index (χ4n) is 7.38. The van der Waals surface area contributed by atoms with E-state index in [4.69, 9.17) is 21.9 Å². The van der Waals surface area contributed by atoms with E-state index in [1.807, 2.05) is 78.9 Å². The largest absolute Gasteiger partial charge is 0.459 e. The van der Waals surface area contributed by atoms with Crippen LogP contribution in [0.1, 0.15) is 56.6 Å².